The molecule has 0 unspecified atom stereocenters. The molecule has 1 aliphatic heterocycles. The summed E-state index contributed by atoms with van der Waals surface area (Å²) in [6.07, 6.45) is 1.70. The molecule has 0 aromatic heterocycles. The Bertz CT molecular complexity index is 568. The molecule has 23 heavy (non-hydrogen) atoms. The number of β-amino-alcohol motifs (C(OH)–C–C–N with tert-alkyl or cyclic N) is 1. The van der Waals surface area contributed by atoms with Gasteiger partial charge in [-0.2, -0.15) is 0 Å². The van der Waals surface area contributed by atoms with Gasteiger partial charge in [0.15, 0.2) is 0 Å². The summed E-state index contributed by atoms with van der Waals surface area (Å²) in [6.45, 7) is 7.19. The molecule has 0 atom stereocenters. The summed E-state index contributed by atoms with van der Waals surface area (Å²) < 4.78 is 13.1. The molecule has 5 heteroatoms. The summed E-state index contributed by atoms with van der Waals surface area (Å²) in [5, 5.41) is 9.90. The van der Waals surface area contributed by atoms with Crippen molar-refractivity contribution in [3.8, 4) is 0 Å². The molecule has 3 rings (SSSR count). The Morgan fingerprint density at radius 2 is 1.74 bits per heavy atom. The van der Waals surface area contributed by atoms with Gasteiger partial charge in [-0.3, -0.25) is 9.69 Å². The van der Waals surface area contributed by atoms with Crippen LogP contribution in [0.1, 0.15) is 32.3 Å². The first kappa shape index (κ1) is 16.4. The van der Waals surface area contributed by atoms with E-state index in [4.69, 9.17) is 0 Å². The third-order valence-electron chi connectivity index (χ3n) is 4.83. The molecule has 1 amide bonds. The Hall–Kier alpha value is -1.46. The average molecular weight is 320 g/mol. The molecular weight excluding hydrogens is 295 g/mol. The van der Waals surface area contributed by atoms with E-state index < -0.39 is 11.0 Å². The van der Waals surface area contributed by atoms with Crippen LogP contribution in [0.3, 0.4) is 0 Å². The zero-order valence-corrected chi connectivity index (χ0v) is 13.9. The van der Waals surface area contributed by atoms with Crippen molar-refractivity contribution >= 4 is 5.91 Å². The van der Waals surface area contributed by atoms with E-state index in [2.05, 4.69) is 4.90 Å². The summed E-state index contributed by atoms with van der Waals surface area (Å²) in [7, 11) is 0. The fraction of sp³-hybridized carbons (Fsp3) is 0.611. The molecule has 1 aromatic rings. The molecule has 2 fully saturated rings. The highest BCUT2D eigenvalue weighted by molar-refractivity contribution is 5.91. The maximum atomic E-state index is 13.1. The summed E-state index contributed by atoms with van der Waals surface area (Å²) in [5.41, 5.74) is -0.202. The number of carbonyl (C=O) groups is 1. The molecular formula is C18H25FN2O2. The van der Waals surface area contributed by atoms with Crippen molar-refractivity contribution in [2.45, 2.75) is 37.7 Å². The van der Waals surface area contributed by atoms with E-state index in [1.54, 1.807) is 26.0 Å². The van der Waals surface area contributed by atoms with Crippen molar-refractivity contribution < 1.29 is 14.3 Å². The number of hydrogen-bond acceptors (Lipinski definition) is 3. The molecule has 1 saturated carbocycles. The van der Waals surface area contributed by atoms with E-state index >= 15 is 0 Å². The van der Waals surface area contributed by atoms with E-state index in [0.29, 0.717) is 19.6 Å². The van der Waals surface area contributed by atoms with Crippen LogP contribution in [0.2, 0.25) is 0 Å². The minimum absolute atomic E-state index is 0.173. The van der Waals surface area contributed by atoms with Gasteiger partial charge in [-0.1, -0.05) is 12.1 Å². The van der Waals surface area contributed by atoms with Gasteiger partial charge in [0.05, 0.1) is 11.0 Å². The van der Waals surface area contributed by atoms with Crippen molar-refractivity contribution in [2.75, 3.05) is 32.7 Å². The number of amides is 1. The predicted molar refractivity (Wildman–Crippen MR) is 86.6 cm³/mol. The minimum Gasteiger partial charge on any atom is -0.389 e. The molecule has 126 valence electrons. The molecule has 4 nitrogen and oxygen atoms in total. The number of benzene rings is 1. The summed E-state index contributed by atoms with van der Waals surface area (Å²) >= 11 is 0. The van der Waals surface area contributed by atoms with E-state index in [1.807, 2.05) is 4.90 Å². The van der Waals surface area contributed by atoms with Crippen LogP contribution in [0, 0.1) is 5.82 Å². The van der Waals surface area contributed by atoms with Crippen LogP contribution in [-0.4, -0.2) is 59.1 Å². The standard InChI is InChI=1S/C18H25FN2O2/c1-17(2,23)13-20-9-11-21(12-10-20)16(22)18(7-8-18)14-3-5-15(19)6-4-14/h3-6,23H,7-13H2,1-2H3. The number of carbonyl (C=O) groups excluding carboxylic acids is 1. The van der Waals surface area contributed by atoms with Gasteiger partial charge >= 0.3 is 0 Å². The van der Waals surface area contributed by atoms with Crippen LogP contribution >= 0.6 is 0 Å². The Balaban J connectivity index is 1.62. The van der Waals surface area contributed by atoms with Crippen LogP contribution < -0.4 is 0 Å². The predicted octanol–water partition coefficient (Wildman–Crippen LogP) is 1.77. The van der Waals surface area contributed by atoms with Gasteiger partial charge in [0.25, 0.3) is 0 Å². The van der Waals surface area contributed by atoms with Crippen LogP contribution in [0.15, 0.2) is 24.3 Å². The SMILES string of the molecule is CC(C)(O)CN1CCN(C(=O)C2(c3ccc(F)cc3)CC2)CC1. The second-order valence-corrected chi connectivity index (χ2v) is 7.47. The van der Waals surface area contributed by atoms with Crippen LogP contribution in [0.4, 0.5) is 4.39 Å². The minimum atomic E-state index is -0.710. The summed E-state index contributed by atoms with van der Waals surface area (Å²) in [5.74, 6) is -0.0933. The van der Waals surface area contributed by atoms with E-state index in [9.17, 15) is 14.3 Å². The Kier molecular flexibility index (Phi) is 4.19. The molecule has 1 aliphatic carbocycles. The topological polar surface area (TPSA) is 43.8 Å². The third kappa shape index (κ3) is 3.56. The first-order valence-corrected chi connectivity index (χ1v) is 8.30. The number of hydrogen-bond donors (Lipinski definition) is 1. The number of rotatable bonds is 4. The van der Waals surface area contributed by atoms with Crippen LogP contribution in [0.25, 0.3) is 0 Å². The Morgan fingerprint density at radius 1 is 1.17 bits per heavy atom. The molecule has 2 aliphatic rings. The van der Waals surface area contributed by atoms with Crippen LogP contribution in [0.5, 0.6) is 0 Å². The highest BCUT2D eigenvalue weighted by Crippen LogP contribution is 2.49. The average Bonchev–Trinajstić information content (AvgIpc) is 3.28. The number of piperazine rings is 1. The first-order valence-electron chi connectivity index (χ1n) is 8.30. The Morgan fingerprint density at radius 3 is 2.22 bits per heavy atom. The number of halogens is 1. The monoisotopic (exact) mass is 320 g/mol. The van der Waals surface area contributed by atoms with Gasteiger partial charge in [-0.25, -0.2) is 4.39 Å². The van der Waals surface area contributed by atoms with E-state index in [0.717, 1.165) is 31.5 Å². The molecule has 0 bridgehead atoms. The van der Waals surface area contributed by atoms with Crippen molar-refractivity contribution in [1.29, 1.82) is 0 Å². The van der Waals surface area contributed by atoms with Gasteiger partial charge in [0.2, 0.25) is 5.91 Å². The second-order valence-electron chi connectivity index (χ2n) is 7.47. The van der Waals surface area contributed by atoms with Crippen molar-refractivity contribution in [2.24, 2.45) is 0 Å². The van der Waals surface area contributed by atoms with E-state index in [-0.39, 0.29) is 11.7 Å². The van der Waals surface area contributed by atoms with Gasteiger partial charge < -0.3 is 10.0 Å². The Labute approximate surface area is 136 Å². The number of aliphatic hydroxyl groups is 1. The zero-order valence-electron chi connectivity index (χ0n) is 13.9. The summed E-state index contributed by atoms with van der Waals surface area (Å²) in [6, 6.07) is 6.35. The first-order chi connectivity index (χ1) is 10.8. The van der Waals surface area contributed by atoms with Gasteiger partial charge in [-0.05, 0) is 44.4 Å². The lowest BCUT2D eigenvalue weighted by molar-refractivity contribution is -0.136. The van der Waals surface area contributed by atoms with Crippen LogP contribution in [-0.2, 0) is 10.2 Å². The maximum absolute atomic E-state index is 13.1. The van der Waals surface area contributed by atoms with E-state index in [1.165, 1.54) is 12.1 Å². The highest BCUT2D eigenvalue weighted by Gasteiger charge is 2.53. The van der Waals surface area contributed by atoms with Crippen molar-refractivity contribution in [1.82, 2.24) is 9.80 Å². The fourth-order valence-corrected chi connectivity index (χ4v) is 3.48. The molecule has 1 heterocycles. The molecule has 0 radical (unpaired) electrons. The normalized spacial score (nSPS) is 21.3. The second kappa shape index (κ2) is 5.87. The molecule has 0 spiro atoms. The van der Waals surface area contributed by atoms with Gasteiger partial charge in [0, 0.05) is 32.7 Å². The van der Waals surface area contributed by atoms with Crippen molar-refractivity contribution in [3.63, 3.8) is 0 Å². The lowest BCUT2D eigenvalue weighted by Gasteiger charge is -2.38. The number of nitrogens with zero attached hydrogens (tertiary/aromatic N) is 2. The largest absolute Gasteiger partial charge is 0.389 e. The lowest BCUT2D eigenvalue weighted by Crippen LogP contribution is -2.53. The highest BCUT2D eigenvalue weighted by atomic mass is 19.1. The lowest BCUT2D eigenvalue weighted by atomic mass is 9.94. The maximum Gasteiger partial charge on any atom is 0.233 e. The molecule has 1 N–H and O–H groups in total. The quantitative estimate of drug-likeness (QED) is 0.919. The zero-order chi connectivity index (χ0) is 16.7. The smallest absolute Gasteiger partial charge is 0.233 e. The van der Waals surface area contributed by atoms with Crippen molar-refractivity contribution in [3.05, 3.63) is 35.6 Å². The third-order valence-corrected chi connectivity index (χ3v) is 4.83. The van der Waals surface area contributed by atoms with Gasteiger partial charge in [-0.15, -0.1) is 0 Å². The van der Waals surface area contributed by atoms with Gasteiger partial charge in [0.1, 0.15) is 5.82 Å². The fourth-order valence-electron chi connectivity index (χ4n) is 3.48. The molecule has 1 aromatic carbocycles. The summed E-state index contributed by atoms with van der Waals surface area (Å²) in [4.78, 5) is 17.0. The molecule has 1 saturated heterocycles.